The molecule has 2 aromatic heterocycles. The van der Waals surface area contributed by atoms with E-state index in [1.165, 1.54) is 49.8 Å². The predicted octanol–water partition coefficient (Wildman–Crippen LogP) is 13.0. The molecule has 2 heterocycles. The maximum atomic E-state index is 5.09. The summed E-state index contributed by atoms with van der Waals surface area (Å²) in [5.41, 5.74) is 14.8. The second kappa shape index (κ2) is 12.6. The molecule has 0 N–H and O–H groups in total. The van der Waals surface area contributed by atoms with E-state index in [0.717, 1.165) is 38.8 Å². The molecule has 0 amide bonds. The van der Waals surface area contributed by atoms with Crippen molar-refractivity contribution >= 4 is 21.7 Å². The molecular formula is C51H32N4. The highest BCUT2D eigenvalue weighted by Gasteiger charge is 2.28. The molecule has 4 heteroatoms. The normalized spacial score (nSPS) is 11.6. The topological polar surface area (TPSA) is 43.6 Å². The largest absolute Gasteiger partial charge is 0.309 e. The first-order valence-corrected chi connectivity index (χ1v) is 18.6. The van der Waals surface area contributed by atoms with Gasteiger partial charge in [-0.2, -0.15) is 0 Å². The monoisotopic (exact) mass is 700 g/mol. The minimum Gasteiger partial charge on any atom is -0.309 e. The van der Waals surface area contributed by atoms with Gasteiger partial charge in [0.15, 0.2) is 17.5 Å². The van der Waals surface area contributed by atoms with Gasteiger partial charge in [-0.15, -0.1) is 0 Å². The zero-order chi connectivity index (χ0) is 36.3. The van der Waals surface area contributed by atoms with Crippen molar-refractivity contribution < 1.29 is 0 Å². The first-order valence-electron chi connectivity index (χ1n) is 18.6. The summed E-state index contributed by atoms with van der Waals surface area (Å²) < 4.78 is 2.43. The summed E-state index contributed by atoms with van der Waals surface area (Å²) in [6.45, 7) is 0. The van der Waals surface area contributed by atoms with E-state index in [2.05, 4.69) is 168 Å². The van der Waals surface area contributed by atoms with Crippen LogP contribution in [0.5, 0.6) is 0 Å². The van der Waals surface area contributed by atoms with Gasteiger partial charge in [0.1, 0.15) is 0 Å². The lowest BCUT2D eigenvalue weighted by Gasteiger charge is -2.16. The Bertz CT molecular complexity index is 3070. The van der Waals surface area contributed by atoms with E-state index in [1.54, 1.807) is 0 Å². The van der Waals surface area contributed by atoms with Crippen molar-refractivity contribution in [3.05, 3.63) is 194 Å². The SMILES string of the molecule is c1ccc(-c2nc(-c3ccc(-n4c(-c5ccccc5)c5c6c(cccc64)-c4ccccc4-c4ccccc4-5)cc3)nc(-c3ccc4ccccc4c3)n2)cc1. The number of aromatic nitrogens is 4. The average Bonchev–Trinajstić information content (AvgIpc) is 3.56. The van der Waals surface area contributed by atoms with Crippen LogP contribution in [0, 0.1) is 0 Å². The predicted molar refractivity (Wildman–Crippen MR) is 226 cm³/mol. The standard InChI is InChI=1S/C51H32N4/c1-3-15-34(16-4-1)48-47-44-23-12-11-22-42(44)40-20-9-10-21-41(40)43-24-13-25-45(46(43)47)55(48)39-30-28-36(29-31-39)50-52-49(35-17-5-2-6-18-35)53-51(54-50)38-27-26-33-14-7-8-19-37(33)32-38/h1-32H. The number of benzene rings is 8. The summed E-state index contributed by atoms with van der Waals surface area (Å²) in [5.74, 6) is 1.92. The second-order valence-corrected chi connectivity index (χ2v) is 14.0. The Labute approximate surface area is 318 Å². The van der Waals surface area contributed by atoms with Crippen LogP contribution >= 0.6 is 0 Å². The van der Waals surface area contributed by atoms with Crippen molar-refractivity contribution in [2.24, 2.45) is 0 Å². The van der Waals surface area contributed by atoms with Crippen LogP contribution in [0.1, 0.15) is 0 Å². The Hall–Kier alpha value is -7.43. The van der Waals surface area contributed by atoms with Crippen LogP contribution in [0.15, 0.2) is 194 Å². The summed E-state index contributed by atoms with van der Waals surface area (Å²) in [5, 5.41) is 3.59. The molecule has 4 nitrogen and oxygen atoms in total. The van der Waals surface area contributed by atoms with Crippen molar-refractivity contribution in [1.29, 1.82) is 0 Å². The van der Waals surface area contributed by atoms with Crippen LogP contribution < -0.4 is 0 Å². The summed E-state index contributed by atoms with van der Waals surface area (Å²) in [7, 11) is 0. The highest BCUT2D eigenvalue weighted by atomic mass is 15.0. The Morgan fingerprint density at radius 2 is 0.818 bits per heavy atom. The highest BCUT2D eigenvalue weighted by molar-refractivity contribution is 6.18. The van der Waals surface area contributed by atoms with Gasteiger partial charge < -0.3 is 4.57 Å². The minimum atomic E-state index is 0.632. The molecule has 0 bridgehead atoms. The second-order valence-electron chi connectivity index (χ2n) is 14.0. The lowest BCUT2D eigenvalue weighted by Crippen LogP contribution is -2.01. The van der Waals surface area contributed by atoms with Gasteiger partial charge in [0, 0.05) is 33.3 Å². The third-order valence-electron chi connectivity index (χ3n) is 10.8. The van der Waals surface area contributed by atoms with Gasteiger partial charge in [-0.1, -0.05) is 158 Å². The molecule has 10 aromatic rings. The van der Waals surface area contributed by atoms with Gasteiger partial charge in [0.25, 0.3) is 0 Å². The number of fused-ring (bicyclic) bond motifs is 6. The van der Waals surface area contributed by atoms with Crippen LogP contribution in [0.3, 0.4) is 0 Å². The van der Waals surface area contributed by atoms with E-state index in [0.29, 0.717) is 17.5 Å². The Kier molecular flexibility index (Phi) is 7.14. The molecule has 0 aliphatic heterocycles. The molecule has 1 aliphatic carbocycles. The molecule has 0 atom stereocenters. The van der Waals surface area contributed by atoms with E-state index in [-0.39, 0.29) is 0 Å². The molecule has 0 spiro atoms. The Balaban J connectivity index is 1.12. The number of nitrogens with zero attached hydrogens (tertiary/aromatic N) is 4. The number of hydrogen-bond acceptors (Lipinski definition) is 3. The van der Waals surface area contributed by atoms with E-state index in [9.17, 15) is 0 Å². The van der Waals surface area contributed by atoms with Crippen molar-refractivity contribution in [3.8, 4) is 84.5 Å². The van der Waals surface area contributed by atoms with Crippen LogP contribution in [0.4, 0.5) is 0 Å². The lowest BCUT2D eigenvalue weighted by molar-refractivity contribution is 1.07. The van der Waals surface area contributed by atoms with Crippen LogP contribution in [-0.2, 0) is 0 Å². The average molecular weight is 701 g/mol. The Morgan fingerprint density at radius 1 is 0.327 bits per heavy atom. The van der Waals surface area contributed by atoms with Gasteiger partial charge in [0.05, 0.1) is 11.2 Å². The first kappa shape index (κ1) is 31.1. The molecule has 0 radical (unpaired) electrons. The highest BCUT2D eigenvalue weighted by Crippen LogP contribution is 2.52. The third kappa shape index (κ3) is 5.11. The zero-order valence-corrected chi connectivity index (χ0v) is 29.8. The van der Waals surface area contributed by atoms with Crippen molar-refractivity contribution in [3.63, 3.8) is 0 Å². The molecular weight excluding hydrogens is 669 g/mol. The van der Waals surface area contributed by atoms with E-state index < -0.39 is 0 Å². The summed E-state index contributed by atoms with van der Waals surface area (Å²) in [6.07, 6.45) is 0. The quantitative estimate of drug-likeness (QED) is 0.179. The van der Waals surface area contributed by atoms with Crippen LogP contribution in [0.2, 0.25) is 0 Å². The summed E-state index contributed by atoms with van der Waals surface area (Å²) in [6, 6.07) is 68.8. The molecule has 1 aliphatic rings. The van der Waals surface area contributed by atoms with Crippen molar-refractivity contribution in [2.75, 3.05) is 0 Å². The smallest absolute Gasteiger partial charge is 0.164 e. The molecule has 0 saturated carbocycles. The first-order chi connectivity index (χ1) is 27.3. The van der Waals surface area contributed by atoms with Crippen LogP contribution in [-0.4, -0.2) is 19.5 Å². The Morgan fingerprint density at radius 3 is 1.51 bits per heavy atom. The van der Waals surface area contributed by atoms with Gasteiger partial charge in [-0.25, -0.2) is 15.0 Å². The fourth-order valence-corrected chi connectivity index (χ4v) is 8.29. The fraction of sp³-hybridized carbons (Fsp3) is 0. The molecule has 0 fully saturated rings. The van der Waals surface area contributed by atoms with Crippen molar-refractivity contribution in [1.82, 2.24) is 19.5 Å². The van der Waals surface area contributed by atoms with Crippen molar-refractivity contribution in [2.45, 2.75) is 0 Å². The fourth-order valence-electron chi connectivity index (χ4n) is 8.29. The van der Waals surface area contributed by atoms with Gasteiger partial charge in [0.2, 0.25) is 0 Å². The molecule has 0 saturated heterocycles. The third-order valence-corrected chi connectivity index (χ3v) is 10.8. The summed E-state index contributed by atoms with van der Waals surface area (Å²) in [4.78, 5) is 15.1. The van der Waals surface area contributed by atoms with Crippen LogP contribution in [0.25, 0.3) is 106 Å². The summed E-state index contributed by atoms with van der Waals surface area (Å²) >= 11 is 0. The van der Waals surface area contributed by atoms with Gasteiger partial charge in [-0.05, 0) is 80.6 Å². The maximum Gasteiger partial charge on any atom is 0.164 e. The molecule has 256 valence electrons. The number of rotatable bonds is 5. The molecule has 0 unspecified atom stereocenters. The van der Waals surface area contributed by atoms with E-state index >= 15 is 0 Å². The molecule has 8 aromatic carbocycles. The molecule has 11 rings (SSSR count). The minimum absolute atomic E-state index is 0.632. The van der Waals surface area contributed by atoms with Gasteiger partial charge in [-0.3, -0.25) is 0 Å². The molecule has 55 heavy (non-hydrogen) atoms. The van der Waals surface area contributed by atoms with Gasteiger partial charge >= 0.3 is 0 Å². The zero-order valence-electron chi connectivity index (χ0n) is 29.8. The lowest BCUT2D eigenvalue weighted by atomic mass is 9.93. The van der Waals surface area contributed by atoms with E-state index in [4.69, 9.17) is 15.0 Å². The van der Waals surface area contributed by atoms with E-state index in [1.807, 2.05) is 30.3 Å². The number of hydrogen-bond donors (Lipinski definition) is 0. The maximum absolute atomic E-state index is 5.09.